The number of nitrogens with two attached hydrogens (primary N) is 1. The van der Waals surface area contributed by atoms with E-state index in [1.54, 1.807) is 12.1 Å². The number of hydrogen-bond acceptors (Lipinski definition) is 7. The van der Waals surface area contributed by atoms with Crippen molar-refractivity contribution in [1.29, 1.82) is 0 Å². The summed E-state index contributed by atoms with van der Waals surface area (Å²) < 4.78 is 13.1. The molecule has 0 saturated heterocycles. The highest BCUT2D eigenvalue weighted by Crippen LogP contribution is 2.16. The number of nitrogens with one attached hydrogen (secondary N) is 4. The lowest BCUT2D eigenvalue weighted by atomic mass is 10.1. The number of halogens is 1. The molecule has 6 N–H and O–H groups in total. The molecule has 2 heterocycles. The maximum absolute atomic E-state index is 13.1. The molecule has 2 bridgehead atoms. The summed E-state index contributed by atoms with van der Waals surface area (Å²) in [6.45, 7) is 2.26. The number of rotatable bonds is 3. The van der Waals surface area contributed by atoms with E-state index in [0.717, 1.165) is 63.5 Å². The second-order valence-corrected chi connectivity index (χ2v) is 9.13. The van der Waals surface area contributed by atoms with Crippen molar-refractivity contribution in [1.82, 2.24) is 20.6 Å². The minimum Gasteiger partial charge on any atom is -0.369 e. The van der Waals surface area contributed by atoms with Crippen LogP contribution in [0.3, 0.4) is 0 Å². The molecule has 0 aliphatic carbocycles. The molecule has 10 heteroatoms. The first kappa shape index (κ1) is 27.3. The van der Waals surface area contributed by atoms with Crippen molar-refractivity contribution in [3.63, 3.8) is 0 Å². The molecule has 0 fully saturated rings. The van der Waals surface area contributed by atoms with Crippen molar-refractivity contribution in [3.05, 3.63) is 47.4 Å². The van der Waals surface area contributed by atoms with Gasteiger partial charge in [0.1, 0.15) is 17.2 Å². The molecule has 2 aromatic rings. The molecular formula is C26H38FN7O2. The maximum Gasteiger partial charge on any atom is 0.256 e. The number of amides is 2. The lowest BCUT2D eigenvalue weighted by Crippen LogP contribution is -2.40. The van der Waals surface area contributed by atoms with Crippen molar-refractivity contribution in [3.8, 4) is 0 Å². The third-order valence-corrected chi connectivity index (χ3v) is 6.16. The molecule has 1 aromatic carbocycles. The Morgan fingerprint density at radius 1 is 0.944 bits per heavy atom. The molecule has 0 unspecified atom stereocenters. The fourth-order valence-electron chi connectivity index (χ4n) is 3.97. The molecule has 0 radical (unpaired) electrons. The first-order valence-corrected chi connectivity index (χ1v) is 12.9. The molecule has 1 atom stereocenters. The van der Waals surface area contributed by atoms with Crippen LogP contribution in [-0.4, -0.2) is 47.5 Å². The zero-order valence-electron chi connectivity index (χ0n) is 20.8. The van der Waals surface area contributed by atoms with Gasteiger partial charge in [-0.25, -0.2) is 9.37 Å². The van der Waals surface area contributed by atoms with Gasteiger partial charge in [0.05, 0.1) is 6.04 Å². The molecule has 0 saturated carbocycles. The Balaban J connectivity index is 1.63. The van der Waals surface area contributed by atoms with Crippen LogP contribution in [0.5, 0.6) is 0 Å². The zero-order valence-corrected chi connectivity index (χ0v) is 20.8. The number of anilines is 2. The van der Waals surface area contributed by atoms with Gasteiger partial charge in [-0.15, -0.1) is 0 Å². The quantitative estimate of drug-likeness (QED) is 0.437. The fraction of sp³-hybridized carbons (Fsp3) is 0.538. The van der Waals surface area contributed by atoms with Gasteiger partial charge in [-0.05, 0) is 49.8 Å². The van der Waals surface area contributed by atoms with Gasteiger partial charge >= 0.3 is 0 Å². The summed E-state index contributed by atoms with van der Waals surface area (Å²) in [6.07, 6.45) is 10.1. The lowest BCUT2D eigenvalue weighted by molar-refractivity contribution is -0.122. The molecule has 36 heavy (non-hydrogen) atoms. The predicted molar refractivity (Wildman–Crippen MR) is 139 cm³/mol. The summed E-state index contributed by atoms with van der Waals surface area (Å²) in [5, 5.41) is 12.3. The van der Waals surface area contributed by atoms with Crippen molar-refractivity contribution in [2.45, 2.75) is 70.4 Å². The Bertz CT molecular complexity index is 971. The average molecular weight is 500 g/mol. The van der Waals surface area contributed by atoms with Crippen molar-refractivity contribution in [2.24, 2.45) is 5.73 Å². The van der Waals surface area contributed by atoms with Crippen molar-refractivity contribution < 1.29 is 14.0 Å². The average Bonchev–Trinajstić information content (AvgIpc) is 2.88. The number of hydrogen-bond donors (Lipinski definition) is 5. The summed E-state index contributed by atoms with van der Waals surface area (Å²) in [5.74, 6) is 0.185. The van der Waals surface area contributed by atoms with Gasteiger partial charge in [0, 0.05) is 32.4 Å². The first-order chi connectivity index (χ1) is 17.5. The van der Waals surface area contributed by atoms with Crippen LogP contribution in [0.15, 0.2) is 30.5 Å². The SMILES string of the molecule is N[C@H]1CCCCNc2nc(ncc2C(=O)NCc2ccc(F)cc2)NCCCCCCCCNC1=O. The zero-order chi connectivity index (χ0) is 25.6. The molecule has 196 valence electrons. The number of nitrogens with zero attached hydrogens (tertiary/aromatic N) is 2. The third kappa shape index (κ3) is 9.41. The number of aromatic nitrogens is 2. The Morgan fingerprint density at radius 3 is 2.33 bits per heavy atom. The number of carbonyl (C=O) groups excluding carboxylic acids is 2. The van der Waals surface area contributed by atoms with Gasteiger partial charge in [-0.2, -0.15) is 4.98 Å². The second-order valence-electron chi connectivity index (χ2n) is 9.13. The van der Waals surface area contributed by atoms with Crippen LogP contribution in [0.4, 0.5) is 16.2 Å². The fourth-order valence-corrected chi connectivity index (χ4v) is 3.97. The minimum atomic E-state index is -0.516. The topological polar surface area (TPSA) is 134 Å². The third-order valence-electron chi connectivity index (χ3n) is 6.16. The van der Waals surface area contributed by atoms with E-state index in [1.165, 1.54) is 18.3 Å². The minimum absolute atomic E-state index is 0.0935. The van der Waals surface area contributed by atoms with E-state index in [-0.39, 0.29) is 24.2 Å². The van der Waals surface area contributed by atoms with Crippen LogP contribution in [0.2, 0.25) is 0 Å². The first-order valence-electron chi connectivity index (χ1n) is 12.9. The Morgan fingerprint density at radius 2 is 1.58 bits per heavy atom. The van der Waals surface area contributed by atoms with E-state index in [0.29, 0.717) is 36.8 Å². The van der Waals surface area contributed by atoms with Gasteiger partial charge in [0.15, 0.2) is 0 Å². The van der Waals surface area contributed by atoms with Gasteiger partial charge in [-0.1, -0.05) is 37.8 Å². The molecule has 3 rings (SSSR count). The van der Waals surface area contributed by atoms with Crippen LogP contribution >= 0.6 is 0 Å². The predicted octanol–water partition coefficient (Wildman–Crippen LogP) is 3.34. The van der Waals surface area contributed by atoms with Crippen LogP contribution in [0.25, 0.3) is 0 Å². The highest BCUT2D eigenvalue weighted by atomic mass is 19.1. The molecule has 9 nitrogen and oxygen atoms in total. The van der Waals surface area contributed by atoms with E-state index in [4.69, 9.17) is 5.73 Å². The van der Waals surface area contributed by atoms with E-state index >= 15 is 0 Å². The normalized spacial score (nSPS) is 18.7. The monoisotopic (exact) mass is 499 g/mol. The smallest absolute Gasteiger partial charge is 0.256 e. The highest BCUT2D eigenvalue weighted by molar-refractivity contribution is 5.98. The molecule has 0 spiro atoms. The van der Waals surface area contributed by atoms with Gasteiger partial charge in [0.2, 0.25) is 11.9 Å². The molecule has 1 aromatic heterocycles. The van der Waals surface area contributed by atoms with Crippen LogP contribution in [0.1, 0.15) is 73.7 Å². The molecule has 1 aliphatic heterocycles. The standard InChI is InChI=1S/C26H38FN7O2/c27-20-12-10-19(11-13-20)17-32-24(35)21-18-33-26-31-16-7-4-2-1-3-6-15-30-25(36)22(28)9-5-8-14-29-23(21)34-26/h10-13,18,22H,1-9,14-17,28H2,(H,30,36)(H,32,35)(H2,29,31,33,34)/t22-/m0/s1. The summed E-state index contributed by atoms with van der Waals surface area (Å²) in [6, 6.07) is 5.47. The molecular weight excluding hydrogens is 461 g/mol. The summed E-state index contributed by atoms with van der Waals surface area (Å²) >= 11 is 0. The van der Waals surface area contributed by atoms with E-state index < -0.39 is 6.04 Å². The number of carbonyl (C=O) groups is 2. The number of fused-ring (bicyclic) bond motifs is 2. The number of benzene rings is 1. The van der Waals surface area contributed by atoms with E-state index in [9.17, 15) is 14.0 Å². The largest absolute Gasteiger partial charge is 0.369 e. The van der Waals surface area contributed by atoms with Crippen LogP contribution < -0.4 is 27.0 Å². The maximum atomic E-state index is 13.1. The Kier molecular flexibility index (Phi) is 11.4. The van der Waals surface area contributed by atoms with E-state index in [2.05, 4.69) is 31.2 Å². The molecule has 2 amide bonds. The van der Waals surface area contributed by atoms with Gasteiger partial charge < -0.3 is 27.0 Å². The van der Waals surface area contributed by atoms with Gasteiger partial charge in [0.25, 0.3) is 5.91 Å². The van der Waals surface area contributed by atoms with Crippen LogP contribution in [-0.2, 0) is 11.3 Å². The Labute approximate surface area is 212 Å². The lowest BCUT2D eigenvalue weighted by Gasteiger charge is -2.15. The summed E-state index contributed by atoms with van der Waals surface area (Å²) in [4.78, 5) is 33.9. The second kappa shape index (κ2) is 15.0. The summed E-state index contributed by atoms with van der Waals surface area (Å²) in [7, 11) is 0. The van der Waals surface area contributed by atoms with Crippen molar-refractivity contribution >= 4 is 23.6 Å². The van der Waals surface area contributed by atoms with Gasteiger partial charge in [-0.3, -0.25) is 9.59 Å². The van der Waals surface area contributed by atoms with Crippen LogP contribution in [0, 0.1) is 5.82 Å². The highest BCUT2D eigenvalue weighted by Gasteiger charge is 2.16. The molecule has 1 aliphatic rings. The summed E-state index contributed by atoms with van der Waals surface area (Å²) in [5.41, 5.74) is 7.16. The van der Waals surface area contributed by atoms with Crippen molar-refractivity contribution in [2.75, 3.05) is 30.3 Å². The van der Waals surface area contributed by atoms with E-state index in [1.807, 2.05) is 0 Å². The Hall–Kier alpha value is -3.27.